The van der Waals surface area contributed by atoms with Gasteiger partial charge in [-0.25, -0.2) is 4.39 Å². The molecule has 1 aromatic rings. The Balaban J connectivity index is 3.13. The minimum absolute atomic E-state index is 0.0361. The fourth-order valence-corrected chi connectivity index (χ4v) is 0.909. The Morgan fingerprint density at radius 2 is 1.86 bits per heavy atom. The minimum atomic E-state index is -4.92. The summed E-state index contributed by atoms with van der Waals surface area (Å²) in [7, 11) is 0. The highest BCUT2D eigenvalue weighted by Gasteiger charge is 2.33. The molecule has 0 bridgehead atoms. The van der Waals surface area contributed by atoms with Gasteiger partial charge in [-0.2, -0.15) is 0 Å². The predicted molar refractivity (Wildman–Crippen MR) is 42.2 cm³/mol. The third-order valence-electron chi connectivity index (χ3n) is 1.54. The fourth-order valence-electron chi connectivity index (χ4n) is 0.909. The zero-order chi connectivity index (χ0) is 10.9. The average Bonchev–Trinajstić information content (AvgIpc) is 2.04. The Bertz CT molecular complexity index is 348. The molecule has 0 fully saturated rings. The molecule has 14 heavy (non-hydrogen) atoms. The number of benzene rings is 1. The van der Waals surface area contributed by atoms with Crippen molar-refractivity contribution in [1.82, 2.24) is 0 Å². The summed E-state index contributed by atoms with van der Waals surface area (Å²) in [6.45, 7) is 1.30. The maximum atomic E-state index is 13.0. The number of hydrogen-bond acceptors (Lipinski definition) is 2. The number of halogens is 4. The molecule has 0 aliphatic carbocycles. The van der Waals surface area contributed by atoms with Gasteiger partial charge in [0.2, 0.25) is 0 Å². The molecule has 1 aromatic carbocycles. The molecule has 0 unspecified atom stereocenters. The number of nitrogens with two attached hydrogens (primary N) is 1. The highest BCUT2D eigenvalue weighted by Crippen LogP contribution is 2.31. The highest BCUT2D eigenvalue weighted by molar-refractivity contribution is 5.50. The van der Waals surface area contributed by atoms with Crippen LogP contribution in [0.5, 0.6) is 5.75 Å². The van der Waals surface area contributed by atoms with Crippen LogP contribution in [0.1, 0.15) is 5.56 Å². The second kappa shape index (κ2) is 3.36. The first-order valence-electron chi connectivity index (χ1n) is 3.61. The summed E-state index contributed by atoms with van der Waals surface area (Å²) < 4.78 is 51.9. The normalized spacial score (nSPS) is 11.5. The molecule has 78 valence electrons. The quantitative estimate of drug-likeness (QED) is 0.570. The second-order valence-corrected chi connectivity index (χ2v) is 2.66. The maximum Gasteiger partial charge on any atom is 0.573 e. The topological polar surface area (TPSA) is 35.2 Å². The minimum Gasteiger partial charge on any atom is -0.402 e. The van der Waals surface area contributed by atoms with Crippen molar-refractivity contribution >= 4 is 5.69 Å². The summed E-state index contributed by atoms with van der Waals surface area (Å²) in [5.74, 6) is -2.07. The number of nitrogen functional groups attached to an aromatic ring is 1. The SMILES string of the molecule is Cc1ccc(N)c(F)c1OC(F)(F)F. The Kier molecular flexibility index (Phi) is 2.55. The summed E-state index contributed by atoms with van der Waals surface area (Å²) in [4.78, 5) is 0. The average molecular weight is 209 g/mol. The lowest BCUT2D eigenvalue weighted by Crippen LogP contribution is -2.19. The molecule has 0 heterocycles. The van der Waals surface area contributed by atoms with E-state index in [1.54, 1.807) is 0 Å². The summed E-state index contributed by atoms with van der Waals surface area (Å²) in [6, 6.07) is 2.42. The molecule has 0 saturated carbocycles. The van der Waals surface area contributed by atoms with Gasteiger partial charge in [0, 0.05) is 0 Å². The predicted octanol–water partition coefficient (Wildman–Crippen LogP) is 2.61. The molecule has 1 rings (SSSR count). The first kappa shape index (κ1) is 10.6. The van der Waals surface area contributed by atoms with Gasteiger partial charge in [0.15, 0.2) is 11.6 Å². The molecular weight excluding hydrogens is 202 g/mol. The van der Waals surface area contributed by atoms with Crippen LogP contribution in [-0.4, -0.2) is 6.36 Å². The van der Waals surface area contributed by atoms with E-state index in [9.17, 15) is 17.6 Å². The maximum absolute atomic E-state index is 13.0. The summed E-state index contributed by atoms with van der Waals surface area (Å²) in [6.07, 6.45) is -4.92. The van der Waals surface area contributed by atoms with Crippen LogP contribution in [0.15, 0.2) is 12.1 Å². The van der Waals surface area contributed by atoms with E-state index in [1.807, 2.05) is 0 Å². The van der Waals surface area contributed by atoms with Crippen molar-refractivity contribution in [2.24, 2.45) is 0 Å². The molecule has 0 radical (unpaired) electrons. The van der Waals surface area contributed by atoms with Gasteiger partial charge in [0.1, 0.15) is 0 Å². The van der Waals surface area contributed by atoms with Crippen LogP contribution in [0.3, 0.4) is 0 Å². The largest absolute Gasteiger partial charge is 0.573 e. The van der Waals surface area contributed by atoms with Crippen LogP contribution in [0.4, 0.5) is 23.2 Å². The van der Waals surface area contributed by atoms with Gasteiger partial charge in [-0.15, -0.1) is 13.2 Å². The van der Waals surface area contributed by atoms with Gasteiger partial charge >= 0.3 is 6.36 Å². The van der Waals surface area contributed by atoms with Gasteiger partial charge in [0.25, 0.3) is 0 Å². The molecule has 0 aromatic heterocycles. The number of aryl methyl sites for hydroxylation is 1. The summed E-state index contributed by atoms with van der Waals surface area (Å²) in [5.41, 5.74) is 4.74. The van der Waals surface area contributed by atoms with Gasteiger partial charge in [0.05, 0.1) is 5.69 Å². The van der Waals surface area contributed by atoms with E-state index >= 15 is 0 Å². The molecule has 0 amide bonds. The van der Waals surface area contributed by atoms with Gasteiger partial charge in [-0.1, -0.05) is 6.07 Å². The number of alkyl halides is 3. The molecule has 0 aliphatic heterocycles. The Hall–Kier alpha value is -1.46. The lowest BCUT2D eigenvalue weighted by Gasteiger charge is -2.12. The first-order valence-corrected chi connectivity index (χ1v) is 3.61. The lowest BCUT2D eigenvalue weighted by molar-refractivity contribution is -0.275. The monoisotopic (exact) mass is 209 g/mol. The third kappa shape index (κ3) is 2.27. The van der Waals surface area contributed by atoms with E-state index in [-0.39, 0.29) is 11.3 Å². The molecule has 0 saturated heterocycles. The Morgan fingerprint density at radius 1 is 1.29 bits per heavy atom. The smallest absolute Gasteiger partial charge is 0.402 e. The van der Waals surface area contributed by atoms with Crippen molar-refractivity contribution in [1.29, 1.82) is 0 Å². The van der Waals surface area contributed by atoms with Crippen molar-refractivity contribution in [2.75, 3.05) is 5.73 Å². The van der Waals surface area contributed by atoms with Crippen LogP contribution in [0.25, 0.3) is 0 Å². The second-order valence-electron chi connectivity index (χ2n) is 2.66. The standard InChI is InChI=1S/C8H7F4NO/c1-4-2-3-5(13)6(9)7(4)14-8(10,11)12/h2-3H,13H2,1H3. The lowest BCUT2D eigenvalue weighted by atomic mass is 10.2. The molecule has 0 aliphatic rings. The van der Waals surface area contributed by atoms with Crippen LogP contribution in [0.2, 0.25) is 0 Å². The molecule has 2 N–H and O–H groups in total. The number of ether oxygens (including phenoxy) is 1. The Labute approximate surface area is 77.3 Å². The Morgan fingerprint density at radius 3 is 2.36 bits per heavy atom. The summed E-state index contributed by atoms with van der Waals surface area (Å²) >= 11 is 0. The van der Waals surface area contributed by atoms with E-state index in [4.69, 9.17) is 5.73 Å². The zero-order valence-corrected chi connectivity index (χ0v) is 7.15. The van der Waals surface area contributed by atoms with Crippen molar-refractivity contribution < 1.29 is 22.3 Å². The molecule has 0 atom stereocenters. The molecule has 6 heteroatoms. The van der Waals surface area contributed by atoms with Crippen molar-refractivity contribution in [3.8, 4) is 5.75 Å². The van der Waals surface area contributed by atoms with Crippen molar-refractivity contribution in [3.63, 3.8) is 0 Å². The number of anilines is 1. The zero-order valence-electron chi connectivity index (χ0n) is 7.15. The highest BCUT2D eigenvalue weighted by atomic mass is 19.4. The number of hydrogen-bond donors (Lipinski definition) is 1. The van der Waals surface area contributed by atoms with Crippen LogP contribution < -0.4 is 10.5 Å². The van der Waals surface area contributed by atoms with E-state index < -0.39 is 17.9 Å². The first-order chi connectivity index (χ1) is 6.31. The fraction of sp³-hybridized carbons (Fsp3) is 0.250. The van der Waals surface area contributed by atoms with Crippen molar-refractivity contribution in [3.05, 3.63) is 23.5 Å². The third-order valence-corrected chi connectivity index (χ3v) is 1.54. The molecular formula is C8H7F4NO. The molecule has 2 nitrogen and oxygen atoms in total. The van der Waals surface area contributed by atoms with Gasteiger partial charge in [-0.05, 0) is 18.6 Å². The van der Waals surface area contributed by atoms with E-state index in [1.165, 1.54) is 19.1 Å². The summed E-state index contributed by atoms with van der Waals surface area (Å²) in [5, 5.41) is 0. The van der Waals surface area contributed by atoms with Gasteiger partial charge in [-0.3, -0.25) is 0 Å². The number of rotatable bonds is 1. The molecule has 0 spiro atoms. The van der Waals surface area contributed by atoms with E-state index in [0.717, 1.165) is 0 Å². The van der Waals surface area contributed by atoms with Crippen LogP contribution in [-0.2, 0) is 0 Å². The van der Waals surface area contributed by atoms with Crippen LogP contribution in [0, 0.1) is 12.7 Å². The van der Waals surface area contributed by atoms with E-state index in [2.05, 4.69) is 4.74 Å². The van der Waals surface area contributed by atoms with E-state index in [0.29, 0.717) is 0 Å². The van der Waals surface area contributed by atoms with Crippen LogP contribution >= 0.6 is 0 Å². The van der Waals surface area contributed by atoms with Crippen molar-refractivity contribution in [2.45, 2.75) is 13.3 Å². The van der Waals surface area contributed by atoms with Gasteiger partial charge < -0.3 is 10.5 Å².